The van der Waals surface area contributed by atoms with Crippen LogP contribution in [0, 0.1) is 5.92 Å². The Labute approximate surface area is 143 Å². The summed E-state index contributed by atoms with van der Waals surface area (Å²) in [6, 6.07) is 4.90. The van der Waals surface area contributed by atoms with Crippen molar-refractivity contribution in [3.8, 4) is 5.75 Å². The summed E-state index contributed by atoms with van der Waals surface area (Å²) < 4.78 is 11.5. The minimum Gasteiger partial charge on any atom is -0.482 e. The van der Waals surface area contributed by atoms with E-state index in [1.54, 1.807) is 35.9 Å². The molecule has 0 aliphatic rings. The van der Waals surface area contributed by atoms with Crippen LogP contribution in [0.4, 0.5) is 0 Å². The zero-order valence-corrected chi connectivity index (χ0v) is 13.9. The van der Waals surface area contributed by atoms with Crippen molar-refractivity contribution in [1.82, 2.24) is 4.57 Å². The molecular formula is C17H19NO7. The van der Waals surface area contributed by atoms with Crippen molar-refractivity contribution >= 4 is 28.8 Å². The number of rotatable bonds is 8. The molecule has 1 aromatic carbocycles. The fourth-order valence-corrected chi connectivity index (χ4v) is 2.64. The van der Waals surface area contributed by atoms with E-state index in [1.807, 2.05) is 0 Å². The highest BCUT2D eigenvalue weighted by Crippen LogP contribution is 2.28. The van der Waals surface area contributed by atoms with Gasteiger partial charge in [0.05, 0.1) is 13.0 Å². The number of carbonyl (C=O) groups excluding carboxylic acids is 1. The van der Waals surface area contributed by atoms with E-state index in [2.05, 4.69) is 0 Å². The lowest BCUT2D eigenvalue weighted by atomic mass is 10.0. The van der Waals surface area contributed by atoms with E-state index in [-0.39, 0.29) is 12.5 Å². The number of carbonyl (C=O) groups is 3. The first-order valence-electron chi connectivity index (χ1n) is 7.57. The number of ether oxygens (including phenoxy) is 2. The maximum Gasteiger partial charge on any atom is 0.341 e. The van der Waals surface area contributed by atoms with Gasteiger partial charge in [0, 0.05) is 17.1 Å². The van der Waals surface area contributed by atoms with Crippen LogP contribution in [0.15, 0.2) is 24.4 Å². The number of carboxylic acid groups (broad SMARTS) is 2. The first-order chi connectivity index (χ1) is 11.8. The van der Waals surface area contributed by atoms with Crippen LogP contribution in [0.5, 0.6) is 5.75 Å². The van der Waals surface area contributed by atoms with Gasteiger partial charge in [-0.3, -0.25) is 9.59 Å². The third-order valence-corrected chi connectivity index (χ3v) is 3.73. The number of nitrogens with zero attached hydrogens (tertiary/aromatic N) is 1. The summed E-state index contributed by atoms with van der Waals surface area (Å²) >= 11 is 0. The van der Waals surface area contributed by atoms with Gasteiger partial charge >= 0.3 is 17.9 Å². The van der Waals surface area contributed by atoms with Gasteiger partial charge in [-0.15, -0.1) is 0 Å². The molecule has 0 amide bonds. The molecule has 2 N–H and O–H groups in total. The number of methoxy groups -OCH3 is 1. The molecule has 0 bridgehead atoms. The predicted octanol–water partition coefficient (Wildman–Crippen LogP) is 1.54. The number of hydrogen-bond acceptors (Lipinski definition) is 5. The average molecular weight is 349 g/mol. The number of fused-ring (bicyclic) bond motifs is 1. The van der Waals surface area contributed by atoms with Gasteiger partial charge in [-0.25, -0.2) is 4.79 Å². The molecule has 1 aromatic heterocycles. The largest absolute Gasteiger partial charge is 0.482 e. The average Bonchev–Trinajstić information content (AvgIpc) is 2.88. The lowest BCUT2D eigenvalue weighted by Crippen LogP contribution is -2.15. The summed E-state index contributed by atoms with van der Waals surface area (Å²) in [5, 5.41) is 18.5. The summed E-state index contributed by atoms with van der Waals surface area (Å²) in [6.45, 7) is 1.02. The van der Waals surface area contributed by atoms with E-state index in [1.165, 1.54) is 7.11 Å². The van der Waals surface area contributed by atoms with Crippen molar-refractivity contribution in [3.05, 3.63) is 30.0 Å². The monoisotopic (exact) mass is 349 g/mol. The molecule has 0 aliphatic carbocycles. The Kier molecular flexibility index (Phi) is 5.63. The number of aliphatic carboxylic acids is 2. The molecule has 0 unspecified atom stereocenters. The van der Waals surface area contributed by atoms with Gasteiger partial charge in [-0.2, -0.15) is 0 Å². The third kappa shape index (κ3) is 4.50. The van der Waals surface area contributed by atoms with Gasteiger partial charge in [0.15, 0.2) is 6.61 Å². The minimum absolute atomic E-state index is 0.224. The van der Waals surface area contributed by atoms with Crippen molar-refractivity contribution in [3.63, 3.8) is 0 Å². The maximum absolute atomic E-state index is 11.7. The number of carboxylic acids is 2. The quantitative estimate of drug-likeness (QED) is 0.695. The fourth-order valence-electron chi connectivity index (χ4n) is 2.64. The Morgan fingerprint density at radius 3 is 2.52 bits per heavy atom. The molecule has 25 heavy (non-hydrogen) atoms. The van der Waals surface area contributed by atoms with Crippen molar-refractivity contribution in [2.24, 2.45) is 5.92 Å². The van der Waals surface area contributed by atoms with Crippen molar-refractivity contribution < 1.29 is 34.1 Å². The normalized spacial score (nSPS) is 11.9. The Morgan fingerprint density at radius 1 is 1.20 bits per heavy atom. The Morgan fingerprint density at radius 2 is 1.92 bits per heavy atom. The maximum atomic E-state index is 11.7. The Balaban J connectivity index is 2.42. The highest BCUT2D eigenvalue weighted by atomic mass is 16.5. The standard InChI is InChI=1S/C17H19NO7/c1-10(17(23)24-2)5-11-7-18(8-15(19)20)14-4-3-12(6-13(11)14)25-9-16(21)22/h3-4,6-7,10H,5,8-9H2,1-2H3,(H,19,20)(H,21,22)/t10-/m0/s1. The van der Waals surface area contributed by atoms with Gasteiger partial charge in [-0.05, 0) is 30.2 Å². The molecule has 0 fully saturated rings. The first kappa shape index (κ1) is 18.3. The molecule has 2 rings (SSSR count). The van der Waals surface area contributed by atoms with Gasteiger partial charge in [0.25, 0.3) is 0 Å². The van der Waals surface area contributed by atoms with Gasteiger partial charge in [0.1, 0.15) is 12.3 Å². The van der Waals surface area contributed by atoms with Crippen LogP contribution in [-0.2, 0) is 32.1 Å². The van der Waals surface area contributed by atoms with E-state index < -0.39 is 24.5 Å². The second-order valence-electron chi connectivity index (χ2n) is 5.67. The SMILES string of the molecule is COC(=O)[C@@H](C)Cc1cn(CC(=O)O)c2ccc(OCC(=O)O)cc12. The first-order valence-corrected chi connectivity index (χ1v) is 7.57. The van der Waals surface area contributed by atoms with Crippen molar-refractivity contribution in [2.75, 3.05) is 13.7 Å². The zero-order valence-electron chi connectivity index (χ0n) is 13.9. The molecule has 2 aromatic rings. The summed E-state index contributed by atoms with van der Waals surface area (Å²) in [6.07, 6.45) is 2.04. The van der Waals surface area contributed by atoms with E-state index in [0.29, 0.717) is 23.1 Å². The van der Waals surface area contributed by atoms with Crippen LogP contribution in [0.2, 0.25) is 0 Å². The fraction of sp³-hybridized carbons (Fsp3) is 0.353. The number of aromatic nitrogens is 1. The van der Waals surface area contributed by atoms with Gasteiger partial charge < -0.3 is 24.3 Å². The van der Waals surface area contributed by atoms with Crippen LogP contribution in [0.25, 0.3) is 10.9 Å². The summed E-state index contributed by atoms with van der Waals surface area (Å²) in [5.74, 6) is -2.50. The van der Waals surface area contributed by atoms with Crippen molar-refractivity contribution in [1.29, 1.82) is 0 Å². The Hall–Kier alpha value is -3.03. The summed E-state index contributed by atoms with van der Waals surface area (Å²) in [4.78, 5) is 33.4. The van der Waals surface area contributed by atoms with Crippen LogP contribution in [-0.4, -0.2) is 46.4 Å². The highest BCUT2D eigenvalue weighted by molar-refractivity contribution is 5.87. The number of benzene rings is 1. The molecule has 8 nitrogen and oxygen atoms in total. The molecule has 0 radical (unpaired) electrons. The molecule has 1 atom stereocenters. The second kappa shape index (κ2) is 7.69. The molecule has 0 saturated heterocycles. The molecular weight excluding hydrogens is 330 g/mol. The van der Waals surface area contributed by atoms with Crippen molar-refractivity contribution in [2.45, 2.75) is 19.9 Å². The molecule has 8 heteroatoms. The zero-order chi connectivity index (χ0) is 18.6. The molecule has 134 valence electrons. The molecule has 0 saturated carbocycles. The highest BCUT2D eigenvalue weighted by Gasteiger charge is 2.18. The van der Waals surface area contributed by atoms with Gasteiger partial charge in [0.2, 0.25) is 0 Å². The topological polar surface area (TPSA) is 115 Å². The number of esters is 1. The third-order valence-electron chi connectivity index (χ3n) is 3.73. The van der Waals surface area contributed by atoms with E-state index in [0.717, 1.165) is 5.56 Å². The molecule has 1 heterocycles. The molecule has 0 aliphatic heterocycles. The van der Waals surface area contributed by atoms with Crippen LogP contribution >= 0.6 is 0 Å². The minimum atomic E-state index is -1.09. The van der Waals surface area contributed by atoms with Crippen LogP contribution in [0.3, 0.4) is 0 Å². The smallest absolute Gasteiger partial charge is 0.341 e. The van der Waals surface area contributed by atoms with E-state index in [9.17, 15) is 14.4 Å². The van der Waals surface area contributed by atoms with E-state index >= 15 is 0 Å². The van der Waals surface area contributed by atoms with Crippen LogP contribution < -0.4 is 4.74 Å². The number of hydrogen-bond donors (Lipinski definition) is 2. The molecule has 0 spiro atoms. The lowest BCUT2D eigenvalue weighted by Gasteiger charge is -2.08. The summed E-state index contributed by atoms with van der Waals surface area (Å²) in [7, 11) is 1.31. The van der Waals surface area contributed by atoms with Gasteiger partial charge in [-0.1, -0.05) is 6.92 Å². The predicted molar refractivity (Wildman–Crippen MR) is 87.6 cm³/mol. The van der Waals surface area contributed by atoms with Crippen LogP contribution in [0.1, 0.15) is 12.5 Å². The second-order valence-corrected chi connectivity index (χ2v) is 5.67. The Bertz CT molecular complexity index is 809. The summed E-state index contributed by atoms with van der Waals surface area (Å²) in [5.41, 5.74) is 1.42. The van der Waals surface area contributed by atoms with E-state index in [4.69, 9.17) is 19.7 Å². The lowest BCUT2D eigenvalue weighted by molar-refractivity contribution is -0.145.